The third-order valence-electron chi connectivity index (χ3n) is 4.34. The van der Waals surface area contributed by atoms with E-state index in [2.05, 4.69) is 20.5 Å². The Morgan fingerprint density at radius 1 is 1.17 bits per heavy atom. The molecule has 0 aliphatic heterocycles. The number of benzene rings is 1. The van der Waals surface area contributed by atoms with Crippen molar-refractivity contribution < 1.29 is 0 Å². The topological polar surface area (TPSA) is 50.2 Å². The Morgan fingerprint density at radius 3 is 2.79 bits per heavy atom. The van der Waals surface area contributed by atoms with E-state index in [0.29, 0.717) is 0 Å². The van der Waals surface area contributed by atoms with Gasteiger partial charge in [-0.1, -0.05) is 23.7 Å². The minimum absolute atomic E-state index is 0.724. The highest BCUT2D eigenvalue weighted by Crippen LogP contribution is 2.38. The molecule has 0 bridgehead atoms. The number of aryl methyl sites for hydroxylation is 2. The smallest absolute Gasteiger partial charge is 0.158 e. The Balaban J connectivity index is 1.68. The number of aromatic nitrogens is 2. The summed E-state index contributed by atoms with van der Waals surface area (Å²) in [5, 5.41) is 6.38. The zero-order chi connectivity index (χ0) is 16.5. The number of nitrogens with one attached hydrogen (secondary N) is 1. The number of fused-ring (bicyclic) bond motifs is 3. The molecule has 3 aromatic rings. The number of rotatable bonds is 3. The van der Waals surface area contributed by atoms with Crippen LogP contribution in [0.15, 0.2) is 35.7 Å². The van der Waals surface area contributed by atoms with Crippen molar-refractivity contribution in [2.24, 2.45) is 5.10 Å². The number of anilines is 1. The second-order valence-electron chi connectivity index (χ2n) is 5.93. The Hall–Kier alpha value is -1.98. The van der Waals surface area contributed by atoms with E-state index in [-0.39, 0.29) is 0 Å². The first-order valence-corrected chi connectivity index (χ1v) is 9.23. The molecular weight excluding hydrogens is 340 g/mol. The predicted molar refractivity (Wildman–Crippen MR) is 101 cm³/mol. The lowest BCUT2D eigenvalue weighted by Gasteiger charge is -2.11. The minimum atomic E-state index is 0.724. The van der Waals surface area contributed by atoms with Crippen LogP contribution in [0.2, 0.25) is 5.02 Å². The summed E-state index contributed by atoms with van der Waals surface area (Å²) < 4.78 is 0. The van der Waals surface area contributed by atoms with Crippen molar-refractivity contribution in [2.75, 3.05) is 5.43 Å². The average molecular weight is 357 g/mol. The van der Waals surface area contributed by atoms with Crippen molar-refractivity contribution in [2.45, 2.75) is 32.6 Å². The summed E-state index contributed by atoms with van der Waals surface area (Å²) >= 11 is 7.73. The van der Waals surface area contributed by atoms with E-state index in [4.69, 9.17) is 11.6 Å². The summed E-state index contributed by atoms with van der Waals surface area (Å²) in [6.07, 6.45) is 6.38. The largest absolute Gasteiger partial charge is 0.260 e. The maximum absolute atomic E-state index is 5.94. The number of thiophene rings is 1. The third kappa shape index (κ3) is 2.89. The van der Waals surface area contributed by atoms with Crippen molar-refractivity contribution in [3.8, 4) is 0 Å². The first kappa shape index (κ1) is 15.5. The molecule has 0 radical (unpaired) electrons. The van der Waals surface area contributed by atoms with Crippen LogP contribution in [0.1, 0.15) is 35.8 Å². The molecule has 1 aromatic carbocycles. The first-order chi connectivity index (χ1) is 11.7. The summed E-state index contributed by atoms with van der Waals surface area (Å²) in [5.41, 5.74) is 6.48. The number of halogens is 1. The third-order valence-corrected chi connectivity index (χ3v) is 5.79. The normalized spacial score (nSPS) is 14.7. The molecule has 2 aromatic heterocycles. The molecule has 122 valence electrons. The lowest BCUT2D eigenvalue weighted by atomic mass is 9.97. The van der Waals surface area contributed by atoms with Gasteiger partial charge in [-0.25, -0.2) is 9.97 Å². The first-order valence-electron chi connectivity index (χ1n) is 8.04. The van der Waals surface area contributed by atoms with Crippen LogP contribution in [0.4, 0.5) is 5.82 Å². The number of hydrazone groups is 1. The van der Waals surface area contributed by atoms with Gasteiger partial charge in [-0.05, 0) is 55.9 Å². The second-order valence-corrected chi connectivity index (χ2v) is 7.45. The maximum Gasteiger partial charge on any atom is 0.158 e. The van der Waals surface area contributed by atoms with Crippen molar-refractivity contribution in [1.29, 1.82) is 0 Å². The summed E-state index contributed by atoms with van der Waals surface area (Å²) in [6, 6.07) is 7.66. The summed E-state index contributed by atoms with van der Waals surface area (Å²) in [4.78, 5) is 11.4. The van der Waals surface area contributed by atoms with E-state index in [1.807, 2.05) is 31.2 Å². The van der Waals surface area contributed by atoms with Crippen LogP contribution < -0.4 is 5.43 Å². The second kappa shape index (κ2) is 6.49. The Labute approximate surface area is 149 Å². The molecule has 0 saturated carbocycles. The van der Waals surface area contributed by atoms with Crippen molar-refractivity contribution in [3.63, 3.8) is 0 Å². The van der Waals surface area contributed by atoms with E-state index in [9.17, 15) is 0 Å². The van der Waals surface area contributed by atoms with Gasteiger partial charge in [0.25, 0.3) is 0 Å². The van der Waals surface area contributed by atoms with Crippen LogP contribution in [-0.4, -0.2) is 15.7 Å². The highest BCUT2D eigenvalue weighted by Gasteiger charge is 2.19. The molecule has 0 atom stereocenters. The van der Waals surface area contributed by atoms with Crippen LogP contribution in [0.5, 0.6) is 0 Å². The maximum atomic E-state index is 5.94. The van der Waals surface area contributed by atoms with Gasteiger partial charge in [-0.15, -0.1) is 11.3 Å². The van der Waals surface area contributed by atoms with Gasteiger partial charge in [0.2, 0.25) is 0 Å². The quantitative estimate of drug-likeness (QED) is 0.527. The molecule has 6 heteroatoms. The van der Waals surface area contributed by atoms with E-state index >= 15 is 0 Å². The summed E-state index contributed by atoms with van der Waals surface area (Å²) in [7, 11) is 0. The Kier molecular flexibility index (Phi) is 4.21. The van der Waals surface area contributed by atoms with Crippen LogP contribution in [0, 0.1) is 0 Å². The Morgan fingerprint density at radius 2 is 1.96 bits per heavy atom. The van der Waals surface area contributed by atoms with E-state index in [1.165, 1.54) is 23.3 Å². The summed E-state index contributed by atoms with van der Waals surface area (Å²) in [5.74, 6) is 0.799. The molecule has 0 spiro atoms. The molecule has 0 unspecified atom stereocenters. The monoisotopic (exact) mass is 356 g/mol. The van der Waals surface area contributed by atoms with Crippen LogP contribution in [-0.2, 0) is 12.8 Å². The molecule has 24 heavy (non-hydrogen) atoms. The minimum Gasteiger partial charge on any atom is -0.260 e. The molecule has 0 amide bonds. The highest BCUT2D eigenvalue weighted by atomic mass is 35.5. The van der Waals surface area contributed by atoms with E-state index in [1.54, 1.807) is 17.7 Å². The van der Waals surface area contributed by atoms with Crippen LogP contribution in [0.3, 0.4) is 0 Å². The molecule has 2 heterocycles. The predicted octanol–water partition coefficient (Wildman–Crippen LogP) is 5.06. The number of nitrogens with zero attached hydrogens (tertiary/aromatic N) is 3. The molecule has 4 nitrogen and oxygen atoms in total. The van der Waals surface area contributed by atoms with Crippen LogP contribution >= 0.6 is 22.9 Å². The fourth-order valence-electron chi connectivity index (χ4n) is 3.07. The van der Waals surface area contributed by atoms with Gasteiger partial charge in [0, 0.05) is 9.90 Å². The standard InChI is InChI=1S/C18H17ClN4S/c1-11(12-6-8-13(19)9-7-12)22-23-17-16-14-4-2-3-5-15(14)24-18(16)21-10-20-17/h6-10H,2-5H2,1H3,(H,20,21,23)/b22-11+. The van der Waals surface area contributed by atoms with E-state index < -0.39 is 0 Å². The fourth-order valence-corrected chi connectivity index (χ4v) is 4.42. The molecular formula is C18H17ClN4S. The number of hydrogen-bond donors (Lipinski definition) is 1. The summed E-state index contributed by atoms with van der Waals surface area (Å²) in [6.45, 7) is 1.97. The van der Waals surface area contributed by atoms with Gasteiger partial charge in [-0.3, -0.25) is 5.43 Å². The van der Waals surface area contributed by atoms with Gasteiger partial charge >= 0.3 is 0 Å². The van der Waals surface area contributed by atoms with Crippen molar-refractivity contribution in [1.82, 2.24) is 9.97 Å². The van der Waals surface area contributed by atoms with Gasteiger partial charge in [-0.2, -0.15) is 5.10 Å². The van der Waals surface area contributed by atoms with Gasteiger partial charge in [0.1, 0.15) is 11.2 Å². The van der Waals surface area contributed by atoms with Gasteiger partial charge < -0.3 is 0 Å². The Bertz CT molecular complexity index is 915. The van der Waals surface area contributed by atoms with Gasteiger partial charge in [0.05, 0.1) is 11.1 Å². The van der Waals surface area contributed by atoms with Gasteiger partial charge in [0.15, 0.2) is 5.82 Å². The zero-order valence-corrected chi connectivity index (χ0v) is 14.9. The molecule has 4 rings (SSSR count). The van der Waals surface area contributed by atoms with E-state index in [0.717, 1.165) is 45.2 Å². The van der Waals surface area contributed by atoms with Crippen LogP contribution in [0.25, 0.3) is 10.2 Å². The molecule has 1 aliphatic rings. The highest BCUT2D eigenvalue weighted by molar-refractivity contribution is 7.19. The lowest BCUT2D eigenvalue weighted by Crippen LogP contribution is -2.03. The molecule has 0 saturated heterocycles. The SMILES string of the molecule is C/C(=N\Nc1ncnc2sc3c(c12)CCCC3)c1ccc(Cl)cc1. The number of hydrogen-bond acceptors (Lipinski definition) is 5. The lowest BCUT2D eigenvalue weighted by molar-refractivity contribution is 0.700. The molecule has 0 fully saturated rings. The van der Waals surface area contributed by atoms with Crippen molar-refractivity contribution in [3.05, 3.63) is 51.6 Å². The molecule has 1 N–H and O–H groups in total. The molecule has 1 aliphatic carbocycles. The fraction of sp³-hybridized carbons (Fsp3) is 0.278. The van der Waals surface area contributed by atoms with Crippen molar-refractivity contribution >= 4 is 44.7 Å². The zero-order valence-electron chi connectivity index (χ0n) is 13.3. The average Bonchev–Trinajstić information content (AvgIpc) is 2.99.